The van der Waals surface area contributed by atoms with Crippen molar-refractivity contribution in [1.82, 2.24) is 5.32 Å². The van der Waals surface area contributed by atoms with E-state index in [0.29, 0.717) is 17.1 Å². The number of fused-ring (bicyclic) bond motifs is 2. The van der Waals surface area contributed by atoms with Crippen LogP contribution in [-0.4, -0.2) is 12.7 Å². The van der Waals surface area contributed by atoms with Crippen LogP contribution in [0.15, 0.2) is 36.4 Å². The molecule has 4 heteroatoms. The summed E-state index contributed by atoms with van der Waals surface area (Å²) in [5.74, 6) is 1.22. The summed E-state index contributed by atoms with van der Waals surface area (Å²) in [6.07, 6.45) is 4.86. The van der Waals surface area contributed by atoms with Crippen LogP contribution in [0.25, 0.3) is 0 Å². The SMILES string of the molecule is C[C@@H](NC(=O)c1ccc2c(c1)OCO2)c1ccc2c(c1)CCCC2. The van der Waals surface area contributed by atoms with Gasteiger partial charge < -0.3 is 14.8 Å². The highest BCUT2D eigenvalue weighted by Gasteiger charge is 2.18. The van der Waals surface area contributed by atoms with Crippen molar-refractivity contribution in [2.24, 2.45) is 0 Å². The van der Waals surface area contributed by atoms with Crippen LogP contribution in [0.5, 0.6) is 11.5 Å². The van der Waals surface area contributed by atoms with E-state index >= 15 is 0 Å². The first-order valence-corrected chi connectivity index (χ1v) is 8.53. The first-order valence-electron chi connectivity index (χ1n) is 8.53. The Labute approximate surface area is 141 Å². The summed E-state index contributed by atoms with van der Waals surface area (Å²) in [4.78, 5) is 12.5. The quantitative estimate of drug-likeness (QED) is 0.935. The van der Waals surface area contributed by atoms with Crippen molar-refractivity contribution in [3.05, 3.63) is 58.7 Å². The molecule has 1 atom stereocenters. The molecule has 0 spiro atoms. The predicted molar refractivity (Wildman–Crippen MR) is 91.5 cm³/mol. The molecule has 1 aliphatic heterocycles. The van der Waals surface area contributed by atoms with E-state index in [-0.39, 0.29) is 18.7 Å². The molecular weight excluding hydrogens is 302 g/mol. The van der Waals surface area contributed by atoms with Gasteiger partial charge in [-0.05, 0) is 67.5 Å². The molecule has 1 aliphatic carbocycles. The third-order valence-corrected chi connectivity index (χ3v) is 4.85. The normalized spacial score (nSPS) is 16.4. The molecule has 0 radical (unpaired) electrons. The van der Waals surface area contributed by atoms with Gasteiger partial charge in [0.25, 0.3) is 5.91 Å². The number of hydrogen-bond acceptors (Lipinski definition) is 3. The van der Waals surface area contributed by atoms with E-state index < -0.39 is 0 Å². The molecule has 0 fully saturated rings. The zero-order valence-electron chi connectivity index (χ0n) is 13.8. The summed E-state index contributed by atoms with van der Waals surface area (Å²) in [6, 6.07) is 11.8. The van der Waals surface area contributed by atoms with Crippen molar-refractivity contribution >= 4 is 5.91 Å². The lowest BCUT2D eigenvalue weighted by Gasteiger charge is -2.20. The van der Waals surface area contributed by atoms with Gasteiger partial charge in [0.15, 0.2) is 11.5 Å². The Bertz CT molecular complexity index is 784. The Morgan fingerprint density at radius 1 is 1.00 bits per heavy atom. The van der Waals surface area contributed by atoms with Crippen LogP contribution >= 0.6 is 0 Å². The van der Waals surface area contributed by atoms with Crippen LogP contribution in [0.4, 0.5) is 0 Å². The lowest BCUT2D eigenvalue weighted by atomic mass is 9.89. The molecule has 1 amide bonds. The molecule has 124 valence electrons. The molecule has 0 bridgehead atoms. The van der Waals surface area contributed by atoms with Gasteiger partial charge in [-0.3, -0.25) is 4.79 Å². The van der Waals surface area contributed by atoms with E-state index in [1.165, 1.54) is 30.4 Å². The molecule has 0 aromatic heterocycles. The predicted octanol–water partition coefficient (Wildman–Crippen LogP) is 3.79. The van der Waals surface area contributed by atoms with Crippen LogP contribution < -0.4 is 14.8 Å². The summed E-state index contributed by atoms with van der Waals surface area (Å²) in [7, 11) is 0. The topological polar surface area (TPSA) is 47.6 Å². The lowest BCUT2D eigenvalue weighted by molar-refractivity contribution is 0.0939. The third-order valence-electron chi connectivity index (χ3n) is 4.85. The zero-order valence-corrected chi connectivity index (χ0v) is 13.8. The maximum atomic E-state index is 12.5. The molecular formula is C20H21NO3. The number of ether oxygens (including phenoxy) is 2. The minimum absolute atomic E-state index is 0.0323. The minimum atomic E-state index is -0.0986. The Morgan fingerprint density at radius 3 is 2.67 bits per heavy atom. The molecule has 1 heterocycles. The van der Waals surface area contributed by atoms with E-state index in [2.05, 4.69) is 23.5 Å². The summed E-state index contributed by atoms with van der Waals surface area (Å²) in [5.41, 5.74) is 4.64. The number of aryl methyl sites for hydroxylation is 2. The average molecular weight is 323 g/mol. The number of amides is 1. The van der Waals surface area contributed by atoms with Crippen molar-refractivity contribution in [2.75, 3.05) is 6.79 Å². The first-order chi connectivity index (χ1) is 11.7. The number of hydrogen-bond donors (Lipinski definition) is 1. The second-order valence-corrected chi connectivity index (χ2v) is 6.50. The Hall–Kier alpha value is -2.49. The van der Waals surface area contributed by atoms with Crippen LogP contribution in [0.2, 0.25) is 0 Å². The molecule has 0 unspecified atom stereocenters. The summed E-state index contributed by atoms with van der Waals surface area (Å²) < 4.78 is 10.6. The van der Waals surface area contributed by atoms with Gasteiger partial charge in [0, 0.05) is 5.56 Å². The summed E-state index contributed by atoms with van der Waals surface area (Å²) >= 11 is 0. The highest BCUT2D eigenvalue weighted by molar-refractivity contribution is 5.95. The number of rotatable bonds is 3. The van der Waals surface area contributed by atoms with Gasteiger partial charge in [0.05, 0.1) is 6.04 Å². The minimum Gasteiger partial charge on any atom is -0.454 e. The third kappa shape index (κ3) is 2.84. The van der Waals surface area contributed by atoms with E-state index in [0.717, 1.165) is 12.0 Å². The fourth-order valence-corrected chi connectivity index (χ4v) is 3.42. The monoisotopic (exact) mass is 323 g/mol. The number of benzene rings is 2. The maximum absolute atomic E-state index is 12.5. The largest absolute Gasteiger partial charge is 0.454 e. The van der Waals surface area contributed by atoms with Crippen molar-refractivity contribution < 1.29 is 14.3 Å². The van der Waals surface area contributed by atoms with Gasteiger partial charge in [-0.2, -0.15) is 0 Å². The van der Waals surface area contributed by atoms with Gasteiger partial charge in [-0.15, -0.1) is 0 Å². The lowest BCUT2D eigenvalue weighted by Crippen LogP contribution is -2.26. The van der Waals surface area contributed by atoms with Gasteiger partial charge in [0.1, 0.15) is 0 Å². The number of nitrogens with one attached hydrogen (secondary N) is 1. The molecule has 0 saturated heterocycles. The van der Waals surface area contributed by atoms with Gasteiger partial charge in [0.2, 0.25) is 6.79 Å². The molecule has 24 heavy (non-hydrogen) atoms. The van der Waals surface area contributed by atoms with Gasteiger partial charge >= 0.3 is 0 Å². The van der Waals surface area contributed by atoms with Crippen LogP contribution in [-0.2, 0) is 12.8 Å². The fourth-order valence-electron chi connectivity index (χ4n) is 3.42. The molecule has 4 rings (SSSR count). The summed E-state index contributed by atoms with van der Waals surface area (Å²) in [6.45, 7) is 2.24. The Balaban J connectivity index is 1.49. The first kappa shape index (κ1) is 15.1. The molecule has 2 aromatic carbocycles. The van der Waals surface area contributed by atoms with Crippen molar-refractivity contribution in [3.8, 4) is 11.5 Å². The molecule has 0 saturated carbocycles. The smallest absolute Gasteiger partial charge is 0.251 e. The van der Waals surface area contributed by atoms with Crippen LogP contribution in [0, 0.1) is 0 Å². The second-order valence-electron chi connectivity index (χ2n) is 6.50. The Kier molecular flexibility index (Phi) is 3.89. The van der Waals surface area contributed by atoms with Crippen molar-refractivity contribution in [1.29, 1.82) is 0 Å². The van der Waals surface area contributed by atoms with E-state index in [9.17, 15) is 4.79 Å². The van der Waals surface area contributed by atoms with E-state index in [1.54, 1.807) is 18.2 Å². The maximum Gasteiger partial charge on any atom is 0.251 e. The van der Waals surface area contributed by atoms with Gasteiger partial charge in [-0.1, -0.05) is 18.2 Å². The summed E-state index contributed by atoms with van der Waals surface area (Å²) in [5, 5.41) is 3.08. The zero-order chi connectivity index (χ0) is 16.5. The molecule has 4 nitrogen and oxygen atoms in total. The number of carbonyl (C=O) groups excluding carboxylic acids is 1. The molecule has 2 aliphatic rings. The van der Waals surface area contributed by atoms with Crippen molar-refractivity contribution in [3.63, 3.8) is 0 Å². The van der Waals surface area contributed by atoms with Crippen LogP contribution in [0.3, 0.4) is 0 Å². The number of carbonyl (C=O) groups is 1. The second kappa shape index (κ2) is 6.19. The Morgan fingerprint density at radius 2 is 1.79 bits per heavy atom. The highest BCUT2D eigenvalue weighted by atomic mass is 16.7. The fraction of sp³-hybridized carbons (Fsp3) is 0.350. The highest BCUT2D eigenvalue weighted by Crippen LogP contribution is 2.32. The van der Waals surface area contributed by atoms with Gasteiger partial charge in [-0.25, -0.2) is 0 Å². The van der Waals surface area contributed by atoms with E-state index in [1.807, 2.05) is 6.92 Å². The average Bonchev–Trinajstić information content (AvgIpc) is 3.08. The molecule has 1 N–H and O–H groups in total. The van der Waals surface area contributed by atoms with Crippen LogP contribution in [0.1, 0.15) is 52.9 Å². The van der Waals surface area contributed by atoms with Crippen molar-refractivity contribution in [2.45, 2.75) is 38.6 Å². The molecule has 2 aromatic rings. The standard InChI is InChI=1S/C20H21NO3/c1-13(15-7-6-14-4-2-3-5-16(14)10-15)21-20(22)17-8-9-18-19(11-17)24-12-23-18/h6-11,13H,2-5,12H2,1H3,(H,21,22)/t13-/m1/s1. The van der Waals surface area contributed by atoms with E-state index in [4.69, 9.17) is 9.47 Å².